The molecule has 0 fully saturated rings. The van der Waals surface area contributed by atoms with Crippen LogP contribution in [0.25, 0.3) is 60.9 Å². The van der Waals surface area contributed by atoms with Crippen molar-refractivity contribution in [3.8, 4) is 39.1 Å². The molecule has 2 nitrogen and oxygen atoms in total. The Bertz CT molecular complexity index is 3270. The van der Waals surface area contributed by atoms with Crippen LogP contribution in [-0.2, 0) is 11.8 Å². The second-order valence-corrected chi connectivity index (χ2v) is 18.0. The molecule has 64 heavy (non-hydrogen) atoms. The minimum absolute atomic E-state index is 0.240. The first-order valence-electron chi connectivity index (χ1n) is 22.9. The Morgan fingerprint density at radius 3 is 1.75 bits per heavy atom. The first kappa shape index (κ1) is 39.4. The minimum atomic E-state index is -0.240. The van der Waals surface area contributed by atoms with Gasteiger partial charge in [0.1, 0.15) is 0 Å². The molecule has 2 heteroatoms. The summed E-state index contributed by atoms with van der Waals surface area (Å²) in [5.74, 6) is 0.351. The molecule has 0 N–H and O–H groups in total. The summed E-state index contributed by atoms with van der Waals surface area (Å²) in [6.07, 6.45) is 1.96. The molecule has 1 unspecified atom stereocenters. The molecule has 0 radical (unpaired) electrons. The van der Waals surface area contributed by atoms with Crippen LogP contribution in [0.5, 0.6) is 0 Å². The number of hydrogen-bond donors (Lipinski definition) is 0. The molecule has 0 aliphatic heterocycles. The van der Waals surface area contributed by atoms with E-state index in [1.807, 2.05) is 0 Å². The van der Waals surface area contributed by atoms with E-state index in [4.69, 9.17) is 0 Å². The molecule has 1 atom stereocenters. The van der Waals surface area contributed by atoms with Gasteiger partial charge in [0, 0.05) is 38.9 Å². The molecule has 1 heterocycles. The standard InChI is InChI=1S/C62H52N2/c1-5-43(44-23-10-6-11-24-44)38-56-55(50-31-19-18-22-42(50)2)41-54(60-53-32-20-21-33-59(53)64(61(56)60)48-29-16-9-17-30-48)45-34-36-51-52-37-35-49(40-58(52)62(3,4)57(51)39-45)63(46-25-12-7-13-26-46)47-27-14-8-15-28-47/h6-37,39-41,43H,5,38H2,1-4H3. The van der Waals surface area contributed by atoms with E-state index in [0.717, 1.165) is 29.9 Å². The molecule has 1 aliphatic carbocycles. The van der Waals surface area contributed by atoms with Crippen LogP contribution in [0.15, 0.2) is 212 Å². The van der Waals surface area contributed by atoms with E-state index in [0.29, 0.717) is 5.92 Å². The van der Waals surface area contributed by atoms with E-state index in [9.17, 15) is 0 Å². The lowest BCUT2D eigenvalue weighted by Crippen LogP contribution is -2.16. The van der Waals surface area contributed by atoms with Crippen molar-refractivity contribution < 1.29 is 0 Å². The highest BCUT2D eigenvalue weighted by Crippen LogP contribution is 2.53. The van der Waals surface area contributed by atoms with Gasteiger partial charge in [0.25, 0.3) is 0 Å². The molecule has 11 rings (SSSR count). The van der Waals surface area contributed by atoms with E-state index >= 15 is 0 Å². The average Bonchev–Trinajstić information content (AvgIpc) is 3.80. The second-order valence-electron chi connectivity index (χ2n) is 18.0. The number of fused-ring (bicyclic) bond motifs is 6. The van der Waals surface area contributed by atoms with Gasteiger partial charge in [-0.05, 0) is 154 Å². The van der Waals surface area contributed by atoms with Crippen LogP contribution in [0.1, 0.15) is 60.9 Å². The number of rotatable bonds is 10. The fourth-order valence-corrected chi connectivity index (χ4v) is 10.7. The van der Waals surface area contributed by atoms with E-state index in [2.05, 4.69) is 249 Å². The molecule has 310 valence electrons. The first-order valence-corrected chi connectivity index (χ1v) is 22.9. The number of nitrogens with zero attached hydrogens (tertiary/aromatic N) is 2. The number of benzene rings is 9. The zero-order valence-electron chi connectivity index (χ0n) is 37.1. The average molecular weight is 825 g/mol. The highest BCUT2D eigenvalue weighted by molar-refractivity contribution is 6.18. The third-order valence-electron chi connectivity index (χ3n) is 14.0. The summed E-state index contributed by atoms with van der Waals surface area (Å²) in [5, 5.41) is 2.59. The minimum Gasteiger partial charge on any atom is -0.310 e. The van der Waals surface area contributed by atoms with Crippen LogP contribution in [0.4, 0.5) is 17.1 Å². The molecule has 0 saturated heterocycles. The largest absolute Gasteiger partial charge is 0.310 e. The van der Waals surface area contributed by atoms with Gasteiger partial charge in [0.05, 0.1) is 11.0 Å². The number of aromatic nitrogens is 1. The molecule has 1 aliphatic rings. The van der Waals surface area contributed by atoms with Gasteiger partial charge in [-0.15, -0.1) is 0 Å². The maximum absolute atomic E-state index is 2.56. The van der Waals surface area contributed by atoms with Crippen LogP contribution >= 0.6 is 0 Å². The molecular weight excluding hydrogens is 773 g/mol. The summed E-state index contributed by atoms with van der Waals surface area (Å²) in [5.41, 5.74) is 21.4. The Morgan fingerprint density at radius 1 is 0.500 bits per heavy atom. The molecule has 9 aromatic carbocycles. The van der Waals surface area contributed by atoms with Gasteiger partial charge >= 0.3 is 0 Å². The van der Waals surface area contributed by atoms with Gasteiger partial charge in [-0.2, -0.15) is 0 Å². The van der Waals surface area contributed by atoms with Gasteiger partial charge in [0.15, 0.2) is 0 Å². The molecule has 10 aromatic rings. The highest BCUT2D eigenvalue weighted by Gasteiger charge is 2.37. The van der Waals surface area contributed by atoms with Crippen molar-refractivity contribution in [2.45, 2.75) is 51.9 Å². The van der Waals surface area contributed by atoms with E-state index in [-0.39, 0.29) is 5.41 Å². The predicted molar refractivity (Wildman–Crippen MR) is 272 cm³/mol. The van der Waals surface area contributed by atoms with Crippen LogP contribution in [0.3, 0.4) is 0 Å². The highest BCUT2D eigenvalue weighted by atomic mass is 15.1. The molecular formula is C62H52N2. The van der Waals surface area contributed by atoms with Gasteiger partial charge in [-0.25, -0.2) is 0 Å². The van der Waals surface area contributed by atoms with Crippen LogP contribution in [0.2, 0.25) is 0 Å². The van der Waals surface area contributed by atoms with Crippen molar-refractivity contribution in [2.24, 2.45) is 0 Å². The predicted octanol–water partition coefficient (Wildman–Crippen LogP) is 16.9. The normalized spacial score (nSPS) is 13.2. The van der Waals surface area contributed by atoms with E-state index < -0.39 is 0 Å². The van der Waals surface area contributed by atoms with Gasteiger partial charge < -0.3 is 9.47 Å². The first-order chi connectivity index (χ1) is 31.4. The van der Waals surface area contributed by atoms with Crippen molar-refractivity contribution in [1.82, 2.24) is 4.57 Å². The van der Waals surface area contributed by atoms with Crippen molar-refractivity contribution in [3.63, 3.8) is 0 Å². The maximum Gasteiger partial charge on any atom is 0.0585 e. The van der Waals surface area contributed by atoms with Crippen LogP contribution in [0, 0.1) is 6.92 Å². The molecule has 0 spiro atoms. The zero-order chi connectivity index (χ0) is 43.4. The SMILES string of the molecule is CCC(Cc1c(-c2ccccc2C)cc(-c2ccc3c(c2)C(C)(C)c2cc(N(c4ccccc4)c4ccccc4)ccc2-3)c2c3ccccc3n(-c3ccccc3)c12)c1ccccc1. The third kappa shape index (κ3) is 6.56. The molecule has 0 amide bonds. The monoisotopic (exact) mass is 824 g/mol. The Hall–Kier alpha value is -7.42. The van der Waals surface area contributed by atoms with Crippen molar-refractivity contribution in [3.05, 3.63) is 240 Å². The summed E-state index contributed by atoms with van der Waals surface area (Å²) in [6, 6.07) is 78.6. The topological polar surface area (TPSA) is 8.17 Å². The molecule has 0 saturated carbocycles. The number of aryl methyl sites for hydroxylation is 1. The van der Waals surface area contributed by atoms with Crippen molar-refractivity contribution >= 4 is 38.9 Å². The Balaban J connectivity index is 1.15. The summed E-state index contributed by atoms with van der Waals surface area (Å²) in [7, 11) is 0. The Labute approximate surface area is 377 Å². The second kappa shape index (κ2) is 16.0. The lowest BCUT2D eigenvalue weighted by Gasteiger charge is -2.28. The number of anilines is 3. The smallest absolute Gasteiger partial charge is 0.0585 e. The third-order valence-corrected chi connectivity index (χ3v) is 14.0. The van der Waals surface area contributed by atoms with E-state index in [1.165, 1.54) is 88.7 Å². The Morgan fingerprint density at radius 2 is 1.08 bits per heavy atom. The van der Waals surface area contributed by atoms with Crippen LogP contribution < -0.4 is 4.90 Å². The number of para-hydroxylation sites is 4. The summed E-state index contributed by atoms with van der Waals surface area (Å²) in [4.78, 5) is 2.37. The van der Waals surface area contributed by atoms with Crippen molar-refractivity contribution in [2.75, 3.05) is 4.90 Å². The lowest BCUT2D eigenvalue weighted by molar-refractivity contribution is 0.660. The summed E-state index contributed by atoms with van der Waals surface area (Å²) >= 11 is 0. The number of hydrogen-bond acceptors (Lipinski definition) is 1. The van der Waals surface area contributed by atoms with Crippen molar-refractivity contribution in [1.29, 1.82) is 0 Å². The van der Waals surface area contributed by atoms with Gasteiger partial charge in [-0.3, -0.25) is 0 Å². The Kier molecular flexibility index (Phi) is 9.89. The maximum atomic E-state index is 2.56. The fraction of sp³-hybridized carbons (Fsp3) is 0.129. The van der Waals surface area contributed by atoms with E-state index in [1.54, 1.807) is 0 Å². The lowest BCUT2D eigenvalue weighted by atomic mass is 9.80. The summed E-state index contributed by atoms with van der Waals surface area (Å²) in [6.45, 7) is 9.43. The fourth-order valence-electron chi connectivity index (χ4n) is 10.7. The molecule has 0 bridgehead atoms. The van der Waals surface area contributed by atoms with Gasteiger partial charge in [0.2, 0.25) is 0 Å². The quantitative estimate of drug-likeness (QED) is 0.133. The van der Waals surface area contributed by atoms with Gasteiger partial charge in [-0.1, -0.05) is 166 Å². The molecule has 1 aromatic heterocycles. The summed E-state index contributed by atoms with van der Waals surface area (Å²) < 4.78 is 2.56. The van der Waals surface area contributed by atoms with Crippen LogP contribution in [-0.4, -0.2) is 4.57 Å². The zero-order valence-corrected chi connectivity index (χ0v) is 37.1.